The maximum Gasteiger partial charge on any atom is 0.349 e. The number of methoxy groups -OCH3 is 1. The van der Waals surface area contributed by atoms with Gasteiger partial charge in [-0.05, 0) is 30.7 Å². The van der Waals surface area contributed by atoms with Gasteiger partial charge in [-0.2, -0.15) is 0 Å². The highest BCUT2D eigenvalue weighted by Gasteiger charge is 2.30. The molecule has 19 heavy (non-hydrogen) atoms. The van der Waals surface area contributed by atoms with Gasteiger partial charge in [0.25, 0.3) is 0 Å². The fourth-order valence-corrected chi connectivity index (χ4v) is 5.33. The first-order valence-electron chi connectivity index (χ1n) is 6.14. The summed E-state index contributed by atoms with van der Waals surface area (Å²) < 4.78 is 32.1. The summed E-state index contributed by atoms with van der Waals surface area (Å²) in [6, 6.07) is -0.0187. The van der Waals surface area contributed by atoms with Crippen molar-refractivity contribution in [1.82, 2.24) is 4.72 Å². The summed E-state index contributed by atoms with van der Waals surface area (Å²) >= 11 is 1.10. The molecule has 106 valence electrons. The van der Waals surface area contributed by atoms with E-state index in [0.29, 0.717) is 5.56 Å². The smallest absolute Gasteiger partial charge is 0.349 e. The van der Waals surface area contributed by atoms with E-state index in [1.165, 1.54) is 7.11 Å². The number of rotatable bonds is 4. The second-order valence-electron chi connectivity index (χ2n) is 4.67. The molecule has 0 amide bonds. The summed E-state index contributed by atoms with van der Waals surface area (Å²) in [4.78, 5) is 11.8. The Balaban J connectivity index is 2.33. The van der Waals surface area contributed by atoms with Gasteiger partial charge in [-0.25, -0.2) is 17.9 Å². The van der Waals surface area contributed by atoms with Crippen LogP contribution in [0.2, 0.25) is 0 Å². The molecule has 1 aromatic rings. The Morgan fingerprint density at radius 3 is 2.63 bits per heavy atom. The molecular weight excluding hydrogens is 286 g/mol. The Bertz CT molecular complexity index is 571. The Morgan fingerprint density at radius 1 is 1.42 bits per heavy atom. The molecule has 0 aliphatic heterocycles. The molecule has 0 bridgehead atoms. The van der Waals surface area contributed by atoms with Gasteiger partial charge in [0.15, 0.2) is 0 Å². The summed E-state index contributed by atoms with van der Waals surface area (Å²) in [5, 5.41) is 1.66. The number of hydrogen-bond donors (Lipinski definition) is 1. The largest absolute Gasteiger partial charge is 0.465 e. The molecule has 0 spiro atoms. The van der Waals surface area contributed by atoms with E-state index in [4.69, 9.17) is 0 Å². The van der Waals surface area contributed by atoms with Crippen LogP contribution >= 0.6 is 11.3 Å². The van der Waals surface area contributed by atoms with E-state index in [-0.39, 0.29) is 15.8 Å². The molecule has 0 atom stereocenters. The number of aryl methyl sites for hydroxylation is 1. The molecule has 5 nitrogen and oxygen atoms in total. The normalized spacial score (nSPS) is 16.7. The highest BCUT2D eigenvalue weighted by Crippen LogP contribution is 2.29. The SMILES string of the molecule is COC(=O)c1scc(C)c1S(=O)(=O)NC1CCCC1. The fraction of sp³-hybridized carbons (Fsp3) is 0.583. The van der Waals surface area contributed by atoms with Crippen molar-refractivity contribution in [2.45, 2.75) is 43.5 Å². The summed E-state index contributed by atoms with van der Waals surface area (Å²) in [5.41, 5.74) is 0.580. The number of carbonyl (C=O) groups is 1. The van der Waals surface area contributed by atoms with Crippen LogP contribution in [-0.2, 0) is 14.8 Å². The first-order valence-corrected chi connectivity index (χ1v) is 8.50. The van der Waals surface area contributed by atoms with Crippen LogP contribution < -0.4 is 4.72 Å². The molecule has 1 N–H and O–H groups in total. The number of esters is 1. The minimum Gasteiger partial charge on any atom is -0.465 e. The van der Waals surface area contributed by atoms with E-state index in [1.807, 2.05) is 0 Å². The molecule has 0 radical (unpaired) electrons. The molecule has 2 rings (SSSR count). The lowest BCUT2D eigenvalue weighted by atomic mass is 10.3. The van der Waals surface area contributed by atoms with E-state index >= 15 is 0 Å². The van der Waals surface area contributed by atoms with Crippen molar-refractivity contribution in [2.75, 3.05) is 7.11 Å². The summed E-state index contributed by atoms with van der Waals surface area (Å²) in [7, 11) is -2.41. The standard InChI is InChI=1S/C12H17NO4S2/c1-8-7-18-10(12(14)17-2)11(8)19(15,16)13-9-5-3-4-6-9/h7,9,13H,3-6H2,1-2H3. The molecule has 0 aromatic carbocycles. The van der Waals surface area contributed by atoms with Gasteiger partial charge in [0.2, 0.25) is 10.0 Å². The summed E-state index contributed by atoms with van der Waals surface area (Å²) in [6.07, 6.45) is 3.80. The number of nitrogens with one attached hydrogen (secondary N) is 1. The predicted molar refractivity (Wildman–Crippen MR) is 73.0 cm³/mol. The molecule has 1 aliphatic carbocycles. The highest BCUT2D eigenvalue weighted by molar-refractivity contribution is 7.89. The zero-order chi connectivity index (χ0) is 14.0. The van der Waals surface area contributed by atoms with Crippen molar-refractivity contribution in [1.29, 1.82) is 0 Å². The van der Waals surface area contributed by atoms with Crippen molar-refractivity contribution in [3.05, 3.63) is 15.8 Å². The minimum atomic E-state index is -3.66. The average molecular weight is 303 g/mol. The van der Waals surface area contributed by atoms with Crippen molar-refractivity contribution >= 4 is 27.3 Å². The highest BCUT2D eigenvalue weighted by atomic mass is 32.2. The van der Waals surface area contributed by atoms with Gasteiger partial charge in [0.05, 0.1) is 7.11 Å². The third-order valence-corrected chi connectivity index (χ3v) is 6.15. The van der Waals surface area contributed by atoms with Gasteiger partial charge in [0.1, 0.15) is 9.77 Å². The Hall–Kier alpha value is -0.920. The van der Waals surface area contributed by atoms with Gasteiger partial charge in [0, 0.05) is 6.04 Å². The maximum atomic E-state index is 12.4. The first kappa shape index (κ1) is 14.5. The third-order valence-electron chi connectivity index (χ3n) is 3.23. The zero-order valence-electron chi connectivity index (χ0n) is 10.9. The second kappa shape index (κ2) is 5.60. The molecule has 1 fully saturated rings. The van der Waals surface area contributed by atoms with Crippen LogP contribution in [0.1, 0.15) is 40.9 Å². The summed E-state index contributed by atoms with van der Waals surface area (Å²) in [5.74, 6) is -0.607. The Labute approximate surface area is 117 Å². The van der Waals surface area contributed by atoms with Gasteiger partial charge < -0.3 is 4.74 Å². The number of thiophene rings is 1. The van der Waals surface area contributed by atoms with Crippen LogP contribution in [-0.4, -0.2) is 27.5 Å². The van der Waals surface area contributed by atoms with Gasteiger partial charge in [-0.1, -0.05) is 12.8 Å². The molecule has 7 heteroatoms. The maximum absolute atomic E-state index is 12.4. The van der Waals surface area contributed by atoms with Crippen LogP contribution in [0.25, 0.3) is 0 Å². The van der Waals surface area contributed by atoms with Crippen LogP contribution in [0.4, 0.5) is 0 Å². The molecule has 1 aliphatic rings. The molecular formula is C12H17NO4S2. The predicted octanol–water partition coefficient (Wildman–Crippen LogP) is 2.06. The number of hydrogen-bond acceptors (Lipinski definition) is 5. The minimum absolute atomic E-state index is 0.0187. The van der Waals surface area contributed by atoms with E-state index in [9.17, 15) is 13.2 Å². The number of ether oxygens (including phenoxy) is 1. The van der Waals surface area contributed by atoms with E-state index in [1.54, 1.807) is 12.3 Å². The van der Waals surface area contributed by atoms with Crippen molar-refractivity contribution in [3.63, 3.8) is 0 Å². The monoisotopic (exact) mass is 303 g/mol. The molecule has 0 unspecified atom stereocenters. The quantitative estimate of drug-likeness (QED) is 0.864. The third kappa shape index (κ3) is 2.98. The zero-order valence-corrected chi connectivity index (χ0v) is 12.6. The van der Waals surface area contributed by atoms with Gasteiger partial charge >= 0.3 is 5.97 Å². The van der Waals surface area contributed by atoms with E-state index in [2.05, 4.69) is 9.46 Å². The molecule has 1 saturated carbocycles. The molecule has 0 saturated heterocycles. The average Bonchev–Trinajstić information content (AvgIpc) is 2.97. The van der Waals surface area contributed by atoms with E-state index < -0.39 is 16.0 Å². The topological polar surface area (TPSA) is 72.5 Å². The van der Waals surface area contributed by atoms with Crippen molar-refractivity contribution in [2.24, 2.45) is 0 Å². The summed E-state index contributed by atoms with van der Waals surface area (Å²) in [6.45, 7) is 1.69. The lowest BCUT2D eigenvalue weighted by Gasteiger charge is -2.13. The first-order chi connectivity index (χ1) is 8.95. The lowest BCUT2D eigenvalue weighted by Crippen LogP contribution is -2.33. The van der Waals surface area contributed by atoms with Crippen LogP contribution in [0, 0.1) is 6.92 Å². The Morgan fingerprint density at radius 2 is 2.05 bits per heavy atom. The fourth-order valence-electron chi connectivity index (χ4n) is 2.32. The van der Waals surface area contributed by atoms with Crippen molar-refractivity contribution < 1.29 is 17.9 Å². The van der Waals surface area contributed by atoms with Crippen LogP contribution in [0.3, 0.4) is 0 Å². The lowest BCUT2D eigenvalue weighted by molar-refractivity contribution is 0.0602. The van der Waals surface area contributed by atoms with Gasteiger partial charge in [-0.15, -0.1) is 11.3 Å². The Kier molecular flexibility index (Phi) is 4.27. The number of carbonyl (C=O) groups excluding carboxylic acids is 1. The van der Waals surface area contributed by atoms with Gasteiger partial charge in [-0.3, -0.25) is 0 Å². The number of sulfonamides is 1. The molecule has 1 aromatic heterocycles. The van der Waals surface area contributed by atoms with Crippen LogP contribution in [0.5, 0.6) is 0 Å². The van der Waals surface area contributed by atoms with Crippen LogP contribution in [0.15, 0.2) is 10.3 Å². The molecule has 1 heterocycles. The second-order valence-corrected chi connectivity index (χ2v) is 7.20. The van der Waals surface area contributed by atoms with Crippen molar-refractivity contribution in [3.8, 4) is 0 Å². The van der Waals surface area contributed by atoms with E-state index in [0.717, 1.165) is 37.0 Å².